The lowest BCUT2D eigenvalue weighted by atomic mass is 9.78. The topological polar surface area (TPSA) is 79.5 Å². The van der Waals surface area contributed by atoms with Crippen LogP contribution in [0.25, 0.3) is 11.1 Å². The molecule has 2 aliphatic heterocycles. The van der Waals surface area contributed by atoms with E-state index in [9.17, 15) is 9.59 Å². The molecule has 7 nitrogen and oxygen atoms in total. The van der Waals surface area contributed by atoms with Crippen molar-refractivity contribution in [2.75, 3.05) is 26.2 Å². The first kappa shape index (κ1) is 17.6. The van der Waals surface area contributed by atoms with E-state index in [-0.39, 0.29) is 11.8 Å². The van der Waals surface area contributed by atoms with Gasteiger partial charge in [0.1, 0.15) is 0 Å². The molecule has 28 heavy (non-hydrogen) atoms. The van der Waals surface area contributed by atoms with Gasteiger partial charge in [0.2, 0.25) is 5.91 Å². The molecule has 1 saturated carbocycles. The highest BCUT2D eigenvalue weighted by atomic mass is 16.5. The van der Waals surface area contributed by atoms with Gasteiger partial charge in [-0.05, 0) is 57.9 Å². The van der Waals surface area contributed by atoms with Crippen LogP contribution in [0.4, 0.5) is 0 Å². The molecule has 2 aromatic heterocycles. The Morgan fingerprint density at radius 1 is 1.29 bits per heavy atom. The van der Waals surface area contributed by atoms with Crippen LogP contribution in [0.2, 0.25) is 0 Å². The Morgan fingerprint density at radius 2 is 2.11 bits per heavy atom. The second-order valence-electron chi connectivity index (χ2n) is 8.81. The molecule has 0 radical (unpaired) electrons. The maximum atomic E-state index is 13.4. The van der Waals surface area contributed by atoms with Gasteiger partial charge in [0, 0.05) is 31.9 Å². The summed E-state index contributed by atoms with van der Waals surface area (Å²) in [4.78, 5) is 34.9. The molecule has 2 saturated heterocycles. The number of fused-ring (bicyclic) bond motifs is 1. The van der Waals surface area contributed by atoms with E-state index in [1.54, 1.807) is 0 Å². The molecular weight excluding hydrogens is 356 g/mol. The molecule has 1 spiro atoms. The maximum absolute atomic E-state index is 13.4. The van der Waals surface area contributed by atoms with Gasteiger partial charge in [-0.3, -0.25) is 9.59 Å². The van der Waals surface area contributed by atoms with Crippen LogP contribution in [0, 0.1) is 25.2 Å². The number of carbonyl (C=O) groups is 2. The zero-order chi connectivity index (χ0) is 19.5. The summed E-state index contributed by atoms with van der Waals surface area (Å²) in [5.41, 5.74) is 1.98. The van der Waals surface area contributed by atoms with Gasteiger partial charge >= 0.3 is 0 Å². The van der Waals surface area contributed by atoms with Crippen molar-refractivity contribution >= 4 is 22.9 Å². The second-order valence-corrected chi connectivity index (χ2v) is 8.81. The Balaban J connectivity index is 1.41. The van der Waals surface area contributed by atoms with Crippen LogP contribution in [0.1, 0.15) is 53.8 Å². The van der Waals surface area contributed by atoms with Gasteiger partial charge in [0.25, 0.3) is 11.6 Å². The second kappa shape index (κ2) is 6.29. The van der Waals surface area contributed by atoms with Crippen molar-refractivity contribution in [2.45, 2.75) is 46.0 Å². The first-order valence-corrected chi connectivity index (χ1v) is 10.3. The average Bonchev–Trinajstić information content (AvgIpc) is 3.27. The number of likely N-dealkylation sites (tertiary alicyclic amines) is 2. The summed E-state index contributed by atoms with van der Waals surface area (Å²) in [6.07, 6.45) is 5.17. The van der Waals surface area contributed by atoms with E-state index in [1.807, 2.05) is 24.8 Å². The lowest BCUT2D eigenvalue weighted by Crippen LogP contribution is -2.51. The Labute approximate surface area is 164 Å². The number of hydrogen-bond acceptors (Lipinski definition) is 5. The summed E-state index contributed by atoms with van der Waals surface area (Å²) >= 11 is 0. The standard InChI is InChI=1S/C21H26N4O3/c1-13-10-16(17-14(2)23-28-18(17)22-13)19(26)25-9-7-21(12-25)6-3-8-24(20(21)27)11-15-4-5-15/h10,15H,3-9,11-12H2,1-2H3/t21-/m1/s1. The minimum atomic E-state index is -0.395. The van der Waals surface area contributed by atoms with Crippen LogP contribution < -0.4 is 0 Å². The molecule has 2 amide bonds. The number of piperidine rings is 1. The minimum absolute atomic E-state index is 0.0502. The number of pyridine rings is 1. The molecule has 0 N–H and O–H groups in total. The van der Waals surface area contributed by atoms with Gasteiger partial charge < -0.3 is 14.3 Å². The molecule has 0 unspecified atom stereocenters. The number of aryl methyl sites for hydroxylation is 2. The molecule has 2 aromatic rings. The number of carbonyl (C=O) groups excluding carboxylic acids is 2. The largest absolute Gasteiger partial charge is 0.342 e. The van der Waals surface area contributed by atoms with Crippen LogP contribution in [0.3, 0.4) is 0 Å². The first-order valence-electron chi connectivity index (χ1n) is 10.3. The average molecular weight is 382 g/mol. The number of aromatic nitrogens is 2. The summed E-state index contributed by atoms with van der Waals surface area (Å²) < 4.78 is 5.27. The van der Waals surface area contributed by atoms with Crippen LogP contribution in [-0.2, 0) is 4.79 Å². The molecule has 7 heteroatoms. The summed E-state index contributed by atoms with van der Waals surface area (Å²) in [6, 6.07) is 1.81. The predicted octanol–water partition coefficient (Wildman–Crippen LogP) is 2.70. The zero-order valence-corrected chi connectivity index (χ0v) is 16.5. The molecule has 1 aliphatic carbocycles. The molecule has 5 rings (SSSR count). The van der Waals surface area contributed by atoms with Crippen molar-refractivity contribution < 1.29 is 14.1 Å². The third-order valence-corrected chi connectivity index (χ3v) is 6.62. The smallest absolute Gasteiger partial charge is 0.258 e. The molecule has 148 valence electrons. The van der Waals surface area contributed by atoms with Crippen molar-refractivity contribution in [1.29, 1.82) is 0 Å². The van der Waals surface area contributed by atoms with E-state index in [2.05, 4.69) is 15.0 Å². The van der Waals surface area contributed by atoms with Crippen molar-refractivity contribution in [1.82, 2.24) is 19.9 Å². The molecule has 0 aromatic carbocycles. The van der Waals surface area contributed by atoms with E-state index in [1.165, 1.54) is 12.8 Å². The Hall–Kier alpha value is -2.44. The number of rotatable bonds is 3. The number of nitrogens with zero attached hydrogens (tertiary/aromatic N) is 4. The zero-order valence-electron chi connectivity index (χ0n) is 16.5. The molecule has 4 heterocycles. The van der Waals surface area contributed by atoms with Gasteiger partial charge in [-0.25, -0.2) is 4.98 Å². The third-order valence-electron chi connectivity index (χ3n) is 6.62. The quantitative estimate of drug-likeness (QED) is 0.815. The molecule has 0 bridgehead atoms. The minimum Gasteiger partial charge on any atom is -0.342 e. The van der Waals surface area contributed by atoms with E-state index in [0.29, 0.717) is 41.4 Å². The normalized spacial score (nSPS) is 25.3. The van der Waals surface area contributed by atoms with Crippen LogP contribution >= 0.6 is 0 Å². The van der Waals surface area contributed by atoms with E-state index >= 15 is 0 Å². The van der Waals surface area contributed by atoms with Gasteiger partial charge in [-0.15, -0.1) is 0 Å². The van der Waals surface area contributed by atoms with Gasteiger partial charge in [-0.1, -0.05) is 5.16 Å². The summed E-state index contributed by atoms with van der Waals surface area (Å²) in [5, 5.41) is 4.66. The van der Waals surface area contributed by atoms with Gasteiger partial charge in [0.15, 0.2) is 0 Å². The van der Waals surface area contributed by atoms with E-state index < -0.39 is 5.41 Å². The summed E-state index contributed by atoms with van der Waals surface area (Å²) in [6.45, 7) is 6.58. The van der Waals surface area contributed by atoms with Crippen molar-refractivity contribution in [3.05, 3.63) is 23.0 Å². The summed E-state index contributed by atoms with van der Waals surface area (Å²) in [7, 11) is 0. The fourth-order valence-electron chi connectivity index (χ4n) is 4.92. The fourth-order valence-corrected chi connectivity index (χ4v) is 4.92. The highest BCUT2D eigenvalue weighted by Gasteiger charge is 2.50. The Morgan fingerprint density at radius 3 is 2.89 bits per heavy atom. The van der Waals surface area contributed by atoms with Crippen LogP contribution in [0.5, 0.6) is 0 Å². The number of hydrogen-bond donors (Lipinski definition) is 0. The molecule has 3 fully saturated rings. The first-order chi connectivity index (χ1) is 13.5. The van der Waals surface area contributed by atoms with E-state index in [4.69, 9.17) is 4.52 Å². The van der Waals surface area contributed by atoms with Crippen molar-refractivity contribution in [3.63, 3.8) is 0 Å². The third kappa shape index (κ3) is 2.79. The lowest BCUT2D eigenvalue weighted by Gasteiger charge is -2.39. The van der Waals surface area contributed by atoms with E-state index in [0.717, 1.165) is 38.0 Å². The maximum Gasteiger partial charge on any atom is 0.258 e. The van der Waals surface area contributed by atoms with Crippen LogP contribution in [0.15, 0.2) is 10.6 Å². The van der Waals surface area contributed by atoms with Gasteiger partial charge in [-0.2, -0.15) is 0 Å². The fraction of sp³-hybridized carbons (Fsp3) is 0.619. The van der Waals surface area contributed by atoms with Crippen molar-refractivity contribution in [2.24, 2.45) is 11.3 Å². The number of amides is 2. The molecule has 1 atom stereocenters. The Bertz CT molecular complexity index is 964. The van der Waals surface area contributed by atoms with Crippen LogP contribution in [-0.4, -0.2) is 57.9 Å². The predicted molar refractivity (Wildman–Crippen MR) is 103 cm³/mol. The highest BCUT2D eigenvalue weighted by Crippen LogP contribution is 2.42. The highest BCUT2D eigenvalue weighted by molar-refractivity contribution is 6.06. The lowest BCUT2D eigenvalue weighted by molar-refractivity contribution is -0.145. The summed E-state index contributed by atoms with van der Waals surface area (Å²) in [5.74, 6) is 0.909. The Kier molecular flexibility index (Phi) is 3.96. The van der Waals surface area contributed by atoms with Gasteiger partial charge in [0.05, 0.1) is 22.1 Å². The molecular formula is C21H26N4O3. The monoisotopic (exact) mass is 382 g/mol. The van der Waals surface area contributed by atoms with Crippen molar-refractivity contribution in [3.8, 4) is 0 Å². The molecule has 3 aliphatic rings. The SMILES string of the molecule is Cc1cc(C(=O)N2CC[C@]3(CCCN(CC4CC4)C3=O)C2)c2c(C)noc2n1.